The minimum absolute atomic E-state index is 0.163. The van der Waals surface area contributed by atoms with Crippen molar-refractivity contribution in [3.8, 4) is 34.4 Å². The van der Waals surface area contributed by atoms with E-state index in [1.165, 1.54) is 0 Å². The van der Waals surface area contributed by atoms with Crippen LogP contribution in [-0.4, -0.2) is 19.2 Å². The van der Waals surface area contributed by atoms with Crippen LogP contribution < -0.4 is 10.5 Å². The molecule has 6 heteroatoms. The van der Waals surface area contributed by atoms with Crippen LogP contribution in [0.15, 0.2) is 47.1 Å². The summed E-state index contributed by atoms with van der Waals surface area (Å²) in [5, 5.41) is 9.51. The van der Waals surface area contributed by atoms with Gasteiger partial charge in [0.25, 0.3) is 0 Å². The Bertz CT molecular complexity index is 928. The highest BCUT2D eigenvalue weighted by Gasteiger charge is 2.16. The number of pyridine rings is 1. The van der Waals surface area contributed by atoms with Crippen LogP contribution >= 0.6 is 0 Å². The highest BCUT2D eigenvalue weighted by molar-refractivity contribution is 5.79. The van der Waals surface area contributed by atoms with Crippen molar-refractivity contribution in [3.05, 3.63) is 53.8 Å². The Labute approximate surface area is 145 Å². The molecule has 0 saturated carbocycles. The standard InChI is InChI=1S/C19H17N3O3/c1-23-11-13-8-12(5-6-17(13)24-2)14-9-16(18-4-3-7-25-18)22-19(21)15(14)10-20/h3-9H,11H2,1-2H3,(H2,21,22). The van der Waals surface area contributed by atoms with Crippen molar-refractivity contribution in [2.24, 2.45) is 0 Å². The summed E-state index contributed by atoms with van der Waals surface area (Å²) in [7, 11) is 3.22. The molecule has 0 saturated heterocycles. The Hall–Kier alpha value is -3.30. The third-order valence-electron chi connectivity index (χ3n) is 3.82. The summed E-state index contributed by atoms with van der Waals surface area (Å²) in [5.74, 6) is 1.47. The van der Waals surface area contributed by atoms with Gasteiger partial charge in [-0.15, -0.1) is 0 Å². The largest absolute Gasteiger partial charge is 0.496 e. The molecular weight excluding hydrogens is 318 g/mol. The predicted octanol–water partition coefficient (Wildman–Crippen LogP) is 3.62. The van der Waals surface area contributed by atoms with Gasteiger partial charge in [-0.2, -0.15) is 5.26 Å². The number of ether oxygens (including phenoxy) is 2. The molecule has 25 heavy (non-hydrogen) atoms. The van der Waals surface area contributed by atoms with Gasteiger partial charge in [-0.25, -0.2) is 4.98 Å². The van der Waals surface area contributed by atoms with Crippen molar-refractivity contribution >= 4 is 5.82 Å². The molecule has 1 aromatic carbocycles. The van der Waals surface area contributed by atoms with E-state index < -0.39 is 0 Å². The molecule has 0 spiro atoms. The van der Waals surface area contributed by atoms with E-state index in [-0.39, 0.29) is 5.82 Å². The quantitative estimate of drug-likeness (QED) is 0.765. The highest BCUT2D eigenvalue weighted by atomic mass is 16.5. The summed E-state index contributed by atoms with van der Waals surface area (Å²) in [4.78, 5) is 4.28. The molecule has 0 aliphatic carbocycles. The zero-order valence-electron chi connectivity index (χ0n) is 13.9. The lowest BCUT2D eigenvalue weighted by molar-refractivity contribution is 0.181. The molecule has 0 amide bonds. The van der Waals surface area contributed by atoms with Crippen LogP contribution in [0.4, 0.5) is 5.82 Å². The number of benzene rings is 1. The maximum atomic E-state index is 9.51. The molecule has 0 bridgehead atoms. The number of nitrogens with zero attached hydrogens (tertiary/aromatic N) is 2. The first-order valence-corrected chi connectivity index (χ1v) is 7.58. The average molecular weight is 335 g/mol. The second kappa shape index (κ2) is 7.07. The van der Waals surface area contributed by atoms with Gasteiger partial charge in [-0.3, -0.25) is 0 Å². The van der Waals surface area contributed by atoms with Crippen molar-refractivity contribution in [1.82, 2.24) is 4.98 Å². The van der Waals surface area contributed by atoms with E-state index in [4.69, 9.17) is 19.6 Å². The fourth-order valence-electron chi connectivity index (χ4n) is 2.67. The summed E-state index contributed by atoms with van der Waals surface area (Å²) in [6, 6.07) is 13.1. The predicted molar refractivity (Wildman–Crippen MR) is 93.8 cm³/mol. The molecule has 126 valence electrons. The van der Waals surface area contributed by atoms with E-state index >= 15 is 0 Å². The van der Waals surface area contributed by atoms with Gasteiger partial charge in [0.1, 0.15) is 28.9 Å². The van der Waals surface area contributed by atoms with Gasteiger partial charge in [-0.1, -0.05) is 6.07 Å². The van der Waals surface area contributed by atoms with E-state index in [9.17, 15) is 5.26 Å². The van der Waals surface area contributed by atoms with Crippen LogP contribution in [0.1, 0.15) is 11.1 Å². The molecule has 0 fully saturated rings. The van der Waals surface area contributed by atoms with Crippen molar-refractivity contribution in [2.75, 3.05) is 20.0 Å². The zero-order valence-corrected chi connectivity index (χ0v) is 13.9. The monoisotopic (exact) mass is 335 g/mol. The fraction of sp³-hybridized carbons (Fsp3) is 0.158. The highest BCUT2D eigenvalue weighted by Crippen LogP contribution is 2.33. The average Bonchev–Trinajstić information content (AvgIpc) is 3.16. The number of hydrogen-bond acceptors (Lipinski definition) is 6. The van der Waals surface area contributed by atoms with Gasteiger partial charge in [0, 0.05) is 18.2 Å². The molecular formula is C19H17N3O3. The van der Waals surface area contributed by atoms with Gasteiger partial charge < -0.3 is 19.6 Å². The van der Waals surface area contributed by atoms with E-state index in [1.54, 1.807) is 38.7 Å². The molecule has 3 rings (SSSR count). The fourth-order valence-corrected chi connectivity index (χ4v) is 2.67. The molecule has 0 aliphatic rings. The molecule has 2 heterocycles. The van der Waals surface area contributed by atoms with Crippen LogP contribution in [-0.2, 0) is 11.3 Å². The van der Waals surface area contributed by atoms with Crippen LogP contribution in [0.3, 0.4) is 0 Å². The molecule has 0 atom stereocenters. The maximum absolute atomic E-state index is 9.51. The van der Waals surface area contributed by atoms with Crippen LogP contribution in [0.2, 0.25) is 0 Å². The van der Waals surface area contributed by atoms with Gasteiger partial charge in [0.05, 0.1) is 20.0 Å². The molecule has 0 radical (unpaired) electrons. The number of methoxy groups -OCH3 is 2. The first kappa shape index (κ1) is 16.6. The summed E-state index contributed by atoms with van der Waals surface area (Å²) < 4.78 is 16.0. The van der Waals surface area contributed by atoms with Crippen LogP contribution in [0, 0.1) is 11.3 Å². The second-order valence-corrected chi connectivity index (χ2v) is 5.36. The van der Waals surface area contributed by atoms with Crippen LogP contribution in [0.25, 0.3) is 22.6 Å². The Kier molecular flexibility index (Phi) is 4.68. The maximum Gasteiger partial charge on any atom is 0.152 e. The number of aromatic nitrogens is 1. The number of nitrogens with two attached hydrogens (primary N) is 1. The van der Waals surface area contributed by atoms with E-state index in [0.717, 1.165) is 16.9 Å². The summed E-state index contributed by atoms with van der Waals surface area (Å²) in [6.45, 7) is 0.393. The van der Waals surface area contributed by atoms with Gasteiger partial charge in [-0.05, 0) is 35.9 Å². The van der Waals surface area contributed by atoms with E-state index in [1.807, 2.05) is 18.2 Å². The minimum Gasteiger partial charge on any atom is -0.496 e. The molecule has 6 nitrogen and oxygen atoms in total. The third kappa shape index (κ3) is 3.18. The number of nitriles is 1. The van der Waals surface area contributed by atoms with Crippen molar-refractivity contribution in [2.45, 2.75) is 6.61 Å². The van der Waals surface area contributed by atoms with Crippen molar-refractivity contribution in [3.63, 3.8) is 0 Å². The zero-order chi connectivity index (χ0) is 17.8. The SMILES string of the molecule is COCc1cc(-c2cc(-c3ccco3)nc(N)c2C#N)ccc1OC. The van der Waals surface area contributed by atoms with E-state index in [2.05, 4.69) is 11.1 Å². The summed E-state index contributed by atoms with van der Waals surface area (Å²) >= 11 is 0. The lowest BCUT2D eigenvalue weighted by Gasteiger charge is -2.13. The Morgan fingerprint density at radius 2 is 2.08 bits per heavy atom. The molecule has 0 unspecified atom stereocenters. The van der Waals surface area contributed by atoms with Gasteiger partial charge in [0.2, 0.25) is 0 Å². The van der Waals surface area contributed by atoms with Crippen molar-refractivity contribution in [1.29, 1.82) is 5.26 Å². The third-order valence-corrected chi connectivity index (χ3v) is 3.82. The Balaban J connectivity index is 2.19. The normalized spacial score (nSPS) is 10.4. The smallest absolute Gasteiger partial charge is 0.152 e. The van der Waals surface area contributed by atoms with Crippen LogP contribution in [0.5, 0.6) is 5.75 Å². The molecule has 2 aromatic heterocycles. The number of hydrogen-bond donors (Lipinski definition) is 1. The van der Waals surface area contributed by atoms with Gasteiger partial charge >= 0.3 is 0 Å². The molecule has 0 aliphatic heterocycles. The topological polar surface area (TPSA) is 94.3 Å². The Morgan fingerprint density at radius 1 is 1.24 bits per heavy atom. The van der Waals surface area contributed by atoms with Gasteiger partial charge in [0.15, 0.2) is 5.76 Å². The van der Waals surface area contributed by atoms with E-state index in [0.29, 0.717) is 29.2 Å². The number of nitrogen functional groups attached to an aromatic ring is 1. The summed E-state index contributed by atoms with van der Waals surface area (Å²) in [6.07, 6.45) is 1.56. The number of anilines is 1. The first-order chi connectivity index (χ1) is 12.2. The molecule has 3 aromatic rings. The molecule has 2 N–H and O–H groups in total. The van der Waals surface area contributed by atoms with Crippen molar-refractivity contribution < 1.29 is 13.9 Å². The lowest BCUT2D eigenvalue weighted by atomic mass is 9.98. The Morgan fingerprint density at radius 3 is 2.72 bits per heavy atom. The minimum atomic E-state index is 0.163. The second-order valence-electron chi connectivity index (χ2n) is 5.36. The number of furan rings is 1. The lowest BCUT2D eigenvalue weighted by Crippen LogP contribution is -2.00. The summed E-state index contributed by atoms with van der Waals surface area (Å²) in [5.41, 5.74) is 9.28. The number of rotatable bonds is 5. The first-order valence-electron chi connectivity index (χ1n) is 7.58.